The highest BCUT2D eigenvalue weighted by atomic mass is 32.2. The molecule has 2 fully saturated rings. The third-order valence-electron chi connectivity index (χ3n) is 9.05. The van der Waals surface area contributed by atoms with Crippen molar-refractivity contribution < 1.29 is 26.6 Å². The molecule has 3 aliphatic carbocycles. The molecule has 14 heteroatoms. The number of aromatic nitrogens is 5. The average molecular weight is 659 g/mol. The second-order valence-corrected chi connectivity index (χ2v) is 15.4. The summed E-state index contributed by atoms with van der Waals surface area (Å²) in [4.78, 5) is 21.9. The molecule has 8 nitrogen and oxygen atoms in total. The Balaban J connectivity index is 1.32. The molecule has 3 aliphatic rings. The zero-order valence-corrected chi connectivity index (χ0v) is 26.0. The van der Waals surface area contributed by atoms with E-state index in [1.54, 1.807) is 47.2 Å². The lowest BCUT2D eigenvalue weighted by atomic mass is 9.61. The second kappa shape index (κ2) is 10.7. The molecule has 0 radical (unpaired) electrons. The fraction of sp³-hybridized carbons (Fsp3) is 0.387. The molecule has 3 heterocycles. The minimum Gasteiger partial charge on any atom is -0.339 e. The van der Waals surface area contributed by atoms with Gasteiger partial charge in [-0.2, -0.15) is 18.3 Å². The van der Waals surface area contributed by atoms with Crippen LogP contribution in [0, 0.1) is 17.2 Å². The van der Waals surface area contributed by atoms with Gasteiger partial charge >= 0.3 is 6.18 Å². The maximum Gasteiger partial charge on any atom is 0.427 e. The zero-order chi connectivity index (χ0) is 31.7. The molecule has 0 N–H and O–H groups in total. The molecule has 2 saturated carbocycles. The quantitative estimate of drug-likeness (QED) is 0.132. The van der Waals surface area contributed by atoms with Crippen LogP contribution in [-0.2, 0) is 29.4 Å². The zero-order valence-electron chi connectivity index (χ0n) is 24.3. The molecule has 0 aliphatic heterocycles. The first kappa shape index (κ1) is 30.1. The van der Waals surface area contributed by atoms with Crippen molar-refractivity contribution in [2.75, 3.05) is 6.54 Å². The van der Waals surface area contributed by atoms with Crippen LogP contribution in [0.5, 0.6) is 0 Å². The van der Waals surface area contributed by atoms with Crippen molar-refractivity contribution in [3.8, 4) is 5.69 Å². The Morgan fingerprint density at radius 1 is 1.18 bits per heavy atom. The lowest BCUT2D eigenvalue weighted by Crippen LogP contribution is -2.51. The summed E-state index contributed by atoms with van der Waals surface area (Å²) in [6.45, 7) is 0.524. The van der Waals surface area contributed by atoms with Crippen molar-refractivity contribution in [2.45, 2.75) is 55.8 Å². The number of fused-ring (bicyclic) bond motifs is 2. The predicted molar refractivity (Wildman–Crippen MR) is 163 cm³/mol. The number of nitrogens with zero attached hydrogens (tertiary/aromatic N) is 6. The fourth-order valence-corrected chi connectivity index (χ4v) is 9.29. The summed E-state index contributed by atoms with van der Waals surface area (Å²) in [5, 5.41) is 4.68. The summed E-state index contributed by atoms with van der Waals surface area (Å²) in [5.41, 5.74) is 1.65. The summed E-state index contributed by atoms with van der Waals surface area (Å²) in [6.07, 6.45) is 6.32. The van der Waals surface area contributed by atoms with Gasteiger partial charge in [-0.3, -0.25) is 4.79 Å². The number of aryl methyl sites for hydroxylation is 1. The number of hydrogen-bond donors (Lipinski definition) is 0. The molecule has 1 unspecified atom stereocenters. The Bertz CT molecular complexity index is 1920. The van der Waals surface area contributed by atoms with Gasteiger partial charge in [0.25, 0.3) is 0 Å². The number of ketones is 1. The van der Waals surface area contributed by atoms with E-state index >= 15 is 0 Å². The number of Topliss-reactive ketones (excluding diaryl/α,β-unsaturated/α-hetero) is 1. The largest absolute Gasteiger partial charge is 0.427 e. The van der Waals surface area contributed by atoms with Gasteiger partial charge in [-0.15, -0.1) is 11.3 Å². The molecular formula is C31H30F4N6O2S2. The number of rotatable bonds is 8. The van der Waals surface area contributed by atoms with Crippen LogP contribution in [-0.4, -0.2) is 57.1 Å². The Labute approximate surface area is 261 Å². The number of alkyl halides is 3. The number of hydrogen-bond acceptors (Lipinski definition) is 6. The Kier molecular flexibility index (Phi) is 7.17. The van der Waals surface area contributed by atoms with Crippen LogP contribution in [0.1, 0.15) is 58.0 Å². The Hall–Kier alpha value is -3.62. The summed E-state index contributed by atoms with van der Waals surface area (Å²) < 4.78 is 74.1. The first-order chi connectivity index (χ1) is 21.3. The molecular weight excluding hydrogens is 629 g/mol. The third kappa shape index (κ3) is 5.36. The molecule has 4 aromatic rings. The lowest BCUT2D eigenvalue weighted by Gasteiger charge is -2.47. The van der Waals surface area contributed by atoms with E-state index in [1.165, 1.54) is 12.1 Å². The summed E-state index contributed by atoms with van der Waals surface area (Å²) in [7, 11) is -1.25. The van der Waals surface area contributed by atoms with Gasteiger partial charge < -0.3 is 4.57 Å². The van der Waals surface area contributed by atoms with Gasteiger partial charge in [0.05, 0.1) is 45.2 Å². The average Bonchev–Trinajstić information content (AvgIpc) is 3.33. The molecule has 1 aromatic carbocycles. The molecule has 0 saturated heterocycles. The van der Waals surface area contributed by atoms with Crippen molar-refractivity contribution in [1.29, 1.82) is 0 Å². The summed E-state index contributed by atoms with van der Waals surface area (Å²) >= 11 is 0.348. The van der Waals surface area contributed by atoms with Crippen LogP contribution < -0.4 is 0 Å². The molecule has 3 aromatic heterocycles. The SMILES string of the molecule is C=S(=O)(c1cn(C)cn1)N(CC1CC1)[C@H]1CCC2=Cc3c(cnn3-c3ccc(F)cc3)C[C@]2(C(=O)c2ncc(C(F)(F)F)s2)C1. The van der Waals surface area contributed by atoms with Crippen molar-refractivity contribution in [1.82, 2.24) is 28.6 Å². The Morgan fingerprint density at radius 3 is 2.58 bits per heavy atom. The van der Waals surface area contributed by atoms with Crippen molar-refractivity contribution in [2.24, 2.45) is 18.4 Å². The summed E-state index contributed by atoms with van der Waals surface area (Å²) in [6, 6.07) is 5.54. The van der Waals surface area contributed by atoms with E-state index in [0.717, 1.165) is 29.7 Å². The minimum atomic E-state index is -4.62. The number of carbonyl (C=O) groups excluding carboxylic acids is 1. The minimum absolute atomic E-state index is 0.185. The number of halogens is 4. The third-order valence-corrected chi connectivity index (χ3v) is 12.2. The van der Waals surface area contributed by atoms with E-state index in [9.17, 15) is 26.6 Å². The van der Waals surface area contributed by atoms with Gasteiger partial charge in [0.15, 0.2) is 10.0 Å². The topological polar surface area (TPSA) is 85.9 Å². The standard InChI is InChI=1S/C31H30F4N6O2S2/c1-39-17-27(37-18-39)45(2,43)40(16-19-3-4-19)24-8-5-21-11-25-20(14-38-41(25)23-9-6-22(32)7-10-23)12-30(21,13-24)28(42)29-36-15-26(44-29)31(33,34)35/h6-7,9-11,14-15,17-19,24H,2-5,8,12-13,16H2,1H3/t24-,30-,45?/m0/s1. The molecule has 45 heavy (non-hydrogen) atoms. The Morgan fingerprint density at radius 2 is 1.93 bits per heavy atom. The highest BCUT2D eigenvalue weighted by molar-refractivity contribution is 7.98. The lowest BCUT2D eigenvalue weighted by molar-refractivity contribution is -0.134. The second-order valence-electron chi connectivity index (χ2n) is 12.2. The first-order valence-corrected chi connectivity index (χ1v) is 17.1. The van der Waals surface area contributed by atoms with Gasteiger partial charge in [0.2, 0.25) is 5.78 Å². The van der Waals surface area contributed by atoms with E-state index in [0.29, 0.717) is 53.6 Å². The number of benzene rings is 1. The number of carbonyl (C=O) groups is 1. The van der Waals surface area contributed by atoms with Gasteiger partial charge in [-0.1, -0.05) is 5.57 Å². The molecule has 0 spiro atoms. The van der Waals surface area contributed by atoms with E-state index < -0.39 is 32.0 Å². The number of thiazole rings is 1. The number of imidazole rings is 1. The van der Waals surface area contributed by atoms with Crippen LogP contribution in [0.4, 0.5) is 17.6 Å². The maximum atomic E-state index is 14.5. The molecule has 7 rings (SSSR count). The smallest absolute Gasteiger partial charge is 0.339 e. The molecule has 0 amide bonds. The van der Waals surface area contributed by atoms with E-state index in [-0.39, 0.29) is 29.7 Å². The molecule has 236 valence electrons. The van der Waals surface area contributed by atoms with Crippen LogP contribution in [0.25, 0.3) is 11.8 Å². The molecule has 0 bridgehead atoms. The predicted octanol–water partition coefficient (Wildman–Crippen LogP) is 5.98. The van der Waals surface area contributed by atoms with E-state index in [1.807, 2.05) is 10.4 Å². The fourth-order valence-electron chi connectivity index (χ4n) is 6.57. The van der Waals surface area contributed by atoms with Crippen LogP contribution in [0.2, 0.25) is 0 Å². The van der Waals surface area contributed by atoms with Crippen LogP contribution in [0.3, 0.4) is 0 Å². The van der Waals surface area contributed by atoms with Crippen molar-refractivity contribution in [3.05, 3.63) is 81.7 Å². The van der Waals surface area contributed by atoms with E-state index in [2.05, 4.69) is 20.9 Å². The van der Waals surface area contributed by atoms with Crippen LogP contribution >= 0.6 is 11.3 Å². The van der Waals surface area contributed by atoms with Gasteiger partial charge in [0.1, 0.15) is 10.7 Å². The highest BCUT2D eigenvalue weighted by Gasteiger charge is 2.52. The molecule has 3 atom stereocenters. The normalized spacial score (nSPS) is 22.9. The van der Waals surface area contributed by atoms with Gasteiger partial charge in [-0.05, 0) is 86.2 Å². The number of allylic oxidation sites excluding steroid dienone is 1. The van der Waals surface area contributed by atoms with Gasteiger partial charge in [0, 0.05) is 25.8 Å². The van der Waals surface area contributed by atoms with Crippen molar-refractivity contribution in [3.63, 3.8) is 0 Å². The first-order valence-electron chi connectivity index (χ1n) is 14.6. The van der Waals surface area contributed by atoms with Gasteiger partial charge in [-0.25, -0.2) is 27.6 Å². The monoisotopic (exact) mass is 658 g/mol. The van der Waals surface area contributed by atoms with E-state index in [4.69, 9.17) is 0 Å². The highest BCUT2D eigenvalue weighted by Crippen LogP contribution is 2.52. The van der Waals surface area contributed by atoms with Crippen LogP contribution in [0.15, 0.2) is 59.8 Å². The maximum absolute atomic E-state index is 14.5. The van der Waals surface area contributed by atoms with Crippen molar-refractivity contribution >= 4 is 38.8 Å². The summed E-state index contributed by atoms with van der Waals surface area (Å²) in [5.74, 6) is 3.63.